The average molecular weight is 534 g/mol. The molecular formula is C23H36ClN3O5S2. The van der Waals surface area contributed by atoms with E-state index in [9.17, 15) is 21.6 Å². The predicted molar refractivity (Wildman–Crippen MR) is 134 cm³/mol. The first kappa shape index (κ1) is 27.4. The van der Waals surface area contributed by atoms with Crippen molar-refractivity contribution >= 4 is 38.4 Å². The quantitative estimate of drug-likeness (QED) is 0.558. The Bertz CT molecular complexity index is 1080. The molecule has 3 aliphatic heterocycles. The Morgan fingerprint density at radius 2 is 1.53 bits per heavy atom. The van der Waals surface area contributed by atoms with E-state index in [0.29, 0.717) is 6.42 Å². The summed E-state index contributed by atoms with van der Waals surface area (Å²) in [4.78, 5) is 15.6. The van der Waals surface area contributed by atoms with Crippen LogP contribution in [0.25, 0.3) is 0 Å². The van der Waals surface area contributed by atoms with Crippen molar-refractivity contribution in [3.8, 4) is 0 Å². The van der Waals surface area contributed by atoms with Crippen molar-refractivity contribution in [2.24, 2.45) is 11.8 Å². The van der Waals surface area contributed by atoms with E-state index in [1.807, 2.05) is 26.0 Å². The van der Waals surface area contributed by atoms with Gasteiger partial charge in [0, 0.05) is 13.1 Å². The molecule has 0 radical (unpaired) electrons. The van der Waals surface area contributed by atoms with Gasteiger partial charge in [-0.05, 0) is 56.0 Å². The Labute approximate surface area is 210 Å². The SMILES string of the molecule is CC(C)[C@H]1C(=O)N(S(C)(=O)=O)[C@H]2CCN(S(=O)(=O)c3ccc(CN4CCCCCC4)cc3)[C@H]12.Cl. The second-order valence-electron chi connectivity index (χ2n) is 9.96. The summed E-state index contributed by atoms with van der Waals surface area (Å²) < 4.78 is 54.2. The lowest BCUT2D eigenvalue weighted by Crippen LogP contribution is -2.44. The monoisotopic (exact) mass is 533 g/mol. The lowest BCUT2D eigenvalue weighted by Gasteiger charge is -2.28. The number of hydrogen-bond donors (Lipinski definition) is 0. The number of rotatable bonds is 6. The predicted octanol–water partition coefficient (Wildman–Crippen LogP) is 2.69. The Morgan fingerprint density at radius 3 is 2.06 bits per heavy atom. The summed E-state index contributed by atoms with van der Waals surface area (Å²) in [6.07, 6.45) is 6.27. The highest BCUT2D eigenvalue weighted by Gasteiger charge is 2.59. The van der Waals surface area contributed by atoms with Crippen molar-refractivity contribution < 1.29 is 21.6 Å². The van der Waals surface area contributed by atoms with Gasteiger partial charge in [0.05, 0.1) is 29.2 Å². The third kappa shape index (κ3) is 5.16. The Kier molecular flexibility index (Phi) is 8.40. The van der Waals surface area contributed by atoms with Crippen molar-refractivity contribution in [3.05, 3.63) is 29.8 Å². The van der Waals surface area contributed by atoms with Crippen LogP contribution in [0.2, 0.25) is 0 Å². The lowest BCUT2D eigenvalue weighted by atomic mass is 9.89. The molecule has 192 valence electrons. The molecule has 3 heterocycles. The molecule has 0 bridgehead atoms. The molecule has 3 atom stereocenters. The Hall–Kier alpha value is -1.20. The van der Waals surface area contributed by atoms with Crippen LogP contribution < -0.4 is 0 Å². The first-order chi connectivity index (χ1) is 15.5. The molecule has 0 unspecified atom stereocenters. The van der Waals surface area contributed by atoms with Gasteiger partial charge in [-0.3, -0.25) is 9.69 Å². The maximum Gasteiger partial charge on any atom is 0.243 e. The minimum Gasteiger partial charge on any atom is -0.299 e. The highest BCUT2D eigenvalue weighted by atomic mass is 35.5. The number of carbonyl (C=O) groups excluding carboxylic acids is 1. The maximum absolute atomic E-state index is 13.6. The molecule has 34 heavy (non-hydrogen) atoms. The molecule has 0 aliphatic carbocycles. The van der Waals surface area contributed by atoms with E-state index < -0.39 is 44.0 Å². The molecule has 3 fully saturated rings. The molecular weight excluding hydrogens is 498 g/mol. The molecule has 3 saturated heterocycles. The molecule has 1 amide bonds. The molecule has 0 aromatic heterocycles. The summed E-state index contributed by atoms with van der Waals surface area (Å²) in [5.41, 5.74) is 1.08. The van der Waals surface area contributed by atoms with Crippen LogP contribution in [-0.2, 0) is 31.4 Å². The molecule has 4 rings (SSSR count). The highest BCUT2D eigenvalue weighted by molar-refractivity contribution is 7.89. The zero-order chi connectivity index (χ0) is 24.0. The average Bonchev–Trinajstić information content (AvgIpc) is 3.14. The van der Waals surface area contributed by atoms with Crippen LogP contribution in [0.1, 0.15) is 51.5 Å². The maximum atomic E-state index is 13.6. The van der Waals surface area contributed by atoms with E-state index in [1.54, 1.807) is 12.1 Å². The van der Waals surface area contributed by atoms with Gasteiger partial charge in [-0.1, -0.05) is 38.8 Å². The van der Waals surface area contributed by atoms with E-state index in [-0.39, 0.29) is 29.8 Å². The van der Waals surface area contributed by atoms with Gasteiger partial charge in [-0.2, -0.15) is 4.31 Å². The third-order valence-electron chi connectivity index (χ3n) is 7.25. The first-order valence-electron chi connectivity index (χ1n) is 11.9. The smallest absolute Gasteiger partial charge is 0.243 e. The number of amides is 1. The first-order valence-corrected chi connectivity index (χ1v) is 15.2. The van der Waals surface area contributed by atoms with E-state index in [4.69, 9.17) is 0 Å². The Balaban J connectivity index is 0.00000324. The number of carbonyl (C=O) groups is 1. The molecule has 0 spiro atoms. The van der Waals surface area contributed by atoms with Crippen LogP contribution in [0.15, 0.2) is 29.2 Å². The standard InChI is InChI=1S/C23H35N3O5S2.ClH/c1-17(2)21-22-20(26(23(21)27)32(3,28)29)12-15-25(22)33(30,31)19-10-8-18(9-11-19)16-24-13-6-4-5-7-14-24;/h8-11,17,20-22H,4-7,12-16H2,1-3H3;1H/t20-,21+,22-;/m0./s1. The zero-order valence-electron chi connectivity index (χ0n) is 20.1. The number of halogens is 1. The second kappa shape index (κ2) is 10.4. The summed E-state index contributed by atoms with van der Waals surface area (Å²) in [7, 11) is -7.63. The van der Waals surface area contributed by atoms with Gasteiger partial charge in [0.15, 0.2) is 0 Å². The number of hydrogen-bond acceptors (Lipinski definition) is 6. The van der Waals surface area contributed by atoms with Crippen molar-refractivity contribution in [2.45, 2.75) is 69.5 Å². The second-order valence-corrected chi connectivity index (χ2v) is 13.7. The zero-order valence-corrected chi connectivity index (χ0v) is 22.5. The normalized spacial score (nSPS) is 27.0. The molecule has 3 aliphatic rings. The van der Waals surface area contributed by atoms with Crippen LogP contribution in [0.3, 0.4) is 0 Å². The molecule has 0 N–H and O–H groups in total. The van der Waals surface area contributed by atoms with Crippen molar-refractivity contribution in [2.75, 3.05) is 25.9 Å². The van der Waals surface area contributed by atoms with Gasteiger partial charge < -0.3 is 0 Å². The van der Waals surface area contributed by atoms with Gasteiger partial charge in [0.25, 0.3) is 0 Å². The summed E-state index contributed by atoms with van der Waals surface area (Å²) >= 11 is 0. The van der Waals surface area contributed by atoms with Crippen molar-refractivity contribution in [1.82, 2.24) is 13.5 Å². The van der Waals surface area contributed by atoms with Gasteiger partial charge in [0.2, 0.25) is 26.0 Å². The molecule has 8 nitrogen and oxygen atoms in total. The van der Waals surface area contributed by atoms with Crippen LogP contribution in [0.4, 0.5) is 0 Å². The fraction of sp³-hybridized carbons (Fsp3) is 0.696. The lowest BCUT2D eigenvalue weighted by molar-refractivity contribution is -0.129. The van der Waals surface area contributed by atoms with Gasteiger partial charge in [-0.25, -0.2) is 21.1 Å². The minimum atomic E-state index is -3.86. The third-order valence-corrected chi connectivity index (χ3v) is 10.3. The summed E-state index contributed by atoms with van der Waals surface area (Å²) in [6.45, 7) is 6.83. The number of fused-ring (bicyclic) bond motifs is 1. The number of likely N-dealkylation sites (tertiary alicyclic amines) is 1. The fourth-order valence-corrected chi connectivity index (χ4v) is 8.59. The van der Waals surface area contributed by atoms with Crippen LogP contribution in [-0.4, -0.2) is 74.2 Å². The molecule has 1 aromatic rings. The number of benzene rings is 1. The molecule has 1 aromatic carbocycles. The van der Waals surface area contributed by atoms with Crippen LogP contribution in [0, 0.1) is 11.8 Å². The molecule has 0 saturated carbocycles. The largest absolute Gasteiger partial charge is 0.299 e. The number of sulfonamides is 2. The van der Waals surface area contributed by atoms with Gasteiger partial charge in [0.1, 0.15) is 0 Å². The fourth-order valence-electron chi connectivity index (χ4n) is 5.73. The highest BCUT2D eigenvalue weighted by Crippen LogP contribution is 2.43. The van der Waals surface area contributed by atoms with E-state index in [0.717, 1.165) is 35.8 Å². The molecule has 11 heteroatoms. The van der Waals surface area contributed by atoms with E-state index in [1.165, 1.54) is 30.0 Å². The van der Waals surface area contributed by atoms with Crippen LogP contribution in [0.5, 0.6) is 0 Å². The Morgan fingerprint density at radius 1 is 0.941 bits per heavy atom. The van der Waals surface area contributed by atoms with E-state index in [2.05, 4.69) is 4.90 Å². The summed E-state index contributed by atoms with van der Waals surface area (Å²) in [5, 5.41) is 0. The summed E-state index contributed by atoms with van der Waals surface area (Å²) in [6, 6.07) is 5.71. The van der Waals surface area contributed by atoms with Crippen LogP contribution >= 0.6 is 12.4 Å². The minimum absolute atomic E-state index is 0. The van der Waals surface area contributed by atoms with Crippen molar-refractivity contribution in [3.63, 3.8) is 0 Å². The van der Waals surface area contributed by atoms with E-state index >= 15 is 0 Å². The summed E-state index contributed by atoms with van der Waals surface area (Å²) in [5.74, 6) is -1.34. The van der Waals surface area contributed by atoms with Gasteiger partial charge in [-0.15, -0.1) is 12.4 Å². The van der Waals surface area contributed by atoms with Gasteiger partial charge >= 0.3 is 0 Å². The topological polar surface area (TPSA) is 95.1 Å². The van der Waals surface area contributed by atoms with Crippen molar-refractivity contribution in [1.29, 1.82) is 0 Å². The number of nitrogens with zero attached hydrogens (tertiary/aromatic N) is 3.